The Kier molecular flexibility index (Phi) is 11.8. The lowest BCUT2D eigenvalue weighted by Crippen LogP contribution is -2.44. The molecule has 1 atom stereocenters. The molecule has 0 aromatic heterocycles. The first-order valence-electron chi connectivity index (χ1n) is 13.9. The third kappa shape index (κ3) is 7.60. The lowest BCUT2D eigenvalue weighted by molar-refractivity contribution is -0.154. The molecule has 38 heavy (non-hydrogen) atoms. The van der Waals surface area contributed by atoms with Gasteiger partial charge in [0.2, 0.25) is 0 Å². The minimum Gasteiger partial charge on any atom is -0.465 e. The normalized spacial score (nSPS) is 13.1. The number of carbonyl (C=O) groups excluding carboxylic acids is 2. The fraction of sp³-hybridized carbons (Fsp3) is 0.515. The van der Waals surface area contributed by atoms with Crippen LogP contribution in [0.2, 0.25) is 16.6 Å². The predicted molar refractivity (Wildman–Crippen MR) is 159 cm³/mol. The molecule has 1 unspecified atom stereocenters. The van der Waals surface area contributed by atoms with Crippen LogP contribution in [0.4, 0.5) is 0 Å². The van der Waals surface area contributed by atoms with Gasteiger partial charge in [-0.25, -0.2) is 4.79 Å². The van der Waals surface area contributed by atoms with Crippen LogP contribution in [-0.2, 0) is 27.3 Å². The van der Waals surface area contributed by atoms with E-state index in [4.69, 9.17) is 9.47 Å². The van der Waals surface area contributed by atoms with Gasteiger partial charge in [0.1, 0.15) is 20.1 Å². The van der Waals surface area contributed by atoms with E-state index in [-0.39, 0.29) is 18.5 Å². The average molecular weight is 535 g/mol. The van der Waals surface area contributed by atoms with E-state index >= 15 is 0 Å². The average Bonchev–Trinajstić information content (AvgIpc) is 2.90. The van der Waals surface area contributed by atoms with Gasteiger partial charge in [0.15, 0.2) is 0 Å². The van der Waals surface area contributed by atoms with Crippen molar-refractivity contribution in [3.05, 3.63) is 71.3 Å². The molecule has 0 N–H and O–H groups in total. The second-order valence-electron chi connectivity index (χ2n) is 11.3. The number of hydrogen-bond acceptors (Lipinski definition) is 4. The number of hydrogen-bond donors (Lipinski definition) is 0. The zero-order valence-corrected chi connectivity index (χ0v) is 25.6. The van der Waals surface area contributed by atoms with Gasteiger partial charge in [0.05, 0.1) is 12.7 Å². The first-order chi connectivity index (χ1) is 18.0. The summed E-state index contributed by atoms with van der Waals surface area (Å²) in [5, 5.41) is 0. The first kappa shape index (κ1) is 31.4. The maximum absolute atomic E-state index is 14.0. The molecule has 0 spiro atoms. The number of unbranched alkanes of at least 4 members (excludes halogenated alkanes) is 1. The highest BCUT2D eigenvalue weighted by Crippen LogP contribution is 2.42. The molecule has 5 heteroatoms. The van der Waals surface area contributed by atoms with E-state index in [0.29, 0.717) is 35.0 Å². The Morgan fingerprint density at radius 3 is 1.95 bits per heavy atom. The summed E-state index contributed by atoms with van der Waals surface area (Å²) in [4.78, 5) is 26.0. The van der Waals surface area contributed by atoms with E-state index in [9.17, 15) is 9.59 Å². The molecular weight excluding hydrogens is 488 g/mol. The Morgan fingerprint density at radius 1 is 0.868 bits per heavy atom. The summed E-state index contributed by atoms with van der Waals surface area (Å²) in [5.41, 5.74) is 6.63. The number of benzene rings is 2. The third-order valence-corrected chi connectivity index (χ3v) is 14.1. The van der Waals surface area contributed by atoms with E-state index in [2.05, 4.69) is 59.9 Å². The minimum atomic E-state index is -2.09. The summed E-state index contributed by atoms with van der Waals surface area (Å²) < 4.78 is 10.8. The van der Waals surface area contributed by atoms with Crippen molar-refractivity contribution in [2.24, 2.45) is 5.41 Å². The molecule has 2 rings (SSSR count). The van der Waals surface area contributed by atoms with Crippen LogP contribution >= 0.6 is 0 Å². The molecule has 0 aliphatic carbocycles. The second-order valence-corrected chi connectivity index (χ2v) is 16.8. The van der Waals surface area contributed by atoms with E-state index in [1.165, 1.54) is 7.11 Å². The first-order valence-corrected chi connectivity index (χ1v) is 16.2. The zero-order valence-electron chi connectivity index (χ0n) is 24.6. The number of esters is 2. The largest absolute Gasteiger partial charge is 0.465 e. The molecule has 2 aromatic rings. The molecular formula is C33H46O4Si. The molecule has 0 aliphatic rings. The molecule has 0 amide bonds. The predicted octanol–water partition coefficient (Wildman–Crippen LogP) is 8.16. The summed E-state index contributed by atoms with van der Waals surface area (Å²) in [7, 11) is -0.712. The van der Waals surface area contributed by atoms with Crippen molar-refractivity contribution in [1.82, 2.24) is 0 Å². The summed E-state index contributed by atoms with van der Waals surface area (Å²) in [6.07, 6.45) is 2.89. The molecule has 206 valence electrons. The van der Waals surface area contributed by atoms with Crippen molar-refractivity contribution in [1.29, 1.82) is 0 Å². The van der Waals surface area contributed by atoms with Crippen LogP contribution in [0.5, 0.6) is 0 Å². The Hall–Kier alpha value is -2.84. The smallest absolute Gasteiger partial charge is 0.337 e. The van der Waals surface area contributed by atoms with E-state index in [1.54, 1.807) is 12.1 Å². The maximum Gasteiger partial charge on any atom is 0.337 e. The molecule has 4 nitrogen and oxygen atoms in total. The SMILES string of the molecule is CCCCC(C#C[Si](C(C)C)(C(C)C)C(C)C)(Cc1ccc(C(=O)OC)cc1)C(=O)OCc1ccccc1. The molecule has 0 saturated carbocycles. The van der Waals surface area contributed by atoms with Gasteiger partial charge in [-0.2, -0.15) is 0 Å². The number of rotatable bonds is 12. The maximum atomic E-state index is 14.0. The van der Waals surface area contributed by atoms with Crippen LogP contribution in [0, 0.1) is 16.9 Å². The Balaban J connectivity index is 2.61. The lowest BCUT2D eigenvalue weighted by atomic mass is 9.78. The van der Waals surface area contributed by atoms with Gasteiger partial charge in [0, 0.05) is 0 Å². The summed E-state index contributed by atoms with van der Waals surface area (Å²) in [6.45, 7) is 16.1. The van der Waals surface area contributed by atoms with E-state index in [1.807, 2.05) is 42.5 Å². The molecule has 0 heterocycles. The third-order valence-electron chi connectivity index (χ3n) is 7.83. The van der Waals surface area contributed by atoms with Crippen molar-refractivity contribution in [2.45, 2.75) is 97.4 Å². The fourth-order valence-electron chi connectivity index (χ4n) is 5.65. The highest BCUT2D eigenvalue weighted by atomic mass is 28.3. The lowest BCUT2D eigenvalue weighted by Gasteiger charge is -2.38. The summed E-state index contributed by atoms with van der Waals surface area (Å²) in [6, 6.07) is 17.1. The van der Waals surface area contributed by atoms with Crippen LogP contribution < -0.4 is 0 Å². The van der Waals surface area contributed by atoms with Crippen LogP contribution in [0.15, 0.2) is 54.6 Å². The fourth-order valence-corrected chi connectivity index (χ4v) is 11.0. The second kappa shape index (κ2) is 14.3. The summed E-state index contributed by atoms with van der Waals surface area (Å²) in [5.74, 6) is 2.99. The van der Waals surface area contributed by atoms with Crippen molar-refractivity contribution in [3.63, 3.8) is 0 Å². The highest BCUT2D eigenvalue weighted by molar-refractivity contribution is 6.90. The number of methoxy groups -OCH3 is 1. The van der Waals surface area contributed by atoms with Gasteiger partial charge >= 0.3 is 11.9 Å². The van der Waals surface area contributed by atoms with Crippen LogP contribution in [0.25, 0.3) is 0 Å². The Morgan fingerprint density at radius 2 is 1.45 bits per heavy atom. The molecule has 0 saturated heterocycles. The topological polar surface area (TPSA) is 52.6 Å². The number of carbonyl (C=O) groups is 2. The van der Waals surface area contributed by atoms with Crippen molar-refractivity contribution < 1.29 is 19.1 Å². The van der Waals surface area contributed by atoms with Crippen LogP contribution in [-0.4, -0.2) is 27.1 Å². The van der Waals surface area contributed by atoms with Gasteiger partial charge in [0.25, 0.3) is 0 Å². The van der Waals surface area contributed by atoms with Gasteiger partial charge in [-0.15, -0.1) is 5.54 Å². The van der Waals surface area contributed by atoms with Gasteiger partial charge in [-0.3, -0.25) is 4.79 Å². The Labute approximate surface area is 231 Å². The highest BCUT2D eigenvalue weighted by Gasteiger charge is 2.44. The quantitative estimate of drug-likeness (QED) is 0.157. The zero-order chi connectivity index (χ0) is 28.3. The summed E-state index contributed by atoms with van der Waals surface area (Å²) >= 11 is 0. The standard InChI is InChI=1S/C33H46O4Si/c1-9-10-20-33(32(35)37-24-29-14-12-11-13-15-29,21-22-38(25(2)3,26(4)5)27(6)7)23-28-16-18-30(19-17-28)31(34)36-8/h11-19,25-27H,9-10,20,23-24H2,1-8H3. The number of ether oxygens (including phenoxy) is 2. The minimum absolute atomic E-state index is 0.220. The monoisotopic (exact) mass is 534 g/mol. The van der Waals surface area contributed by atoms with Crippen molar-refractivity contribution >= 4 is 20.0 Å². The molecule has 0 fully saturated rings. The molecule has 2 aromatic carbocycles. The van der Waals surface area contributed by atoms with E-state index in [0.717, 1.165) is 24.0 Å². The van der Waals surface area contributed by atoms with E-state index < -0.39 is 13.5 Å². The van der Waals surface area contributed by atoms with Gasteiger partial charge in [-0.1, -0.05) is 110 Å². The van der Waals surface area contributed by atoms with Crippen LogP contribution in [0.3, 0.4) is 0 Å². The van der Waals surface area contributed by atoms with Gasteiger partial charge in [-0.05, 0) is 52.7 Å². The van der Waals surface area contributed by atoms with Crippen LogP contribution in [0.1, 0.15) is 89.2 Å². The molecule has 0 bridgehead atoms. The Bertz CT molecular complexity index is 1070. The molecule has 0 radical (unpaired) electrons. The van der Waals surface area contributed by atoms with Crippen molar-refractivity contribution in [3.8, 4) is 11.5 Å². The molecule has 0 aliphatic heterocycles. The van der Waals surface area contributed by atoms with Crippen molar-refractivity contribution in [2.75, 3.05) is 7.11 Å². The van der Waals surface area contributed by atoms with Gasteiger partial charge < -0.3 is 9.47 Å².